The first-order valence-electron chi connectivity index (χ1n) is 13.5. The molecular weight excluding hydrogens is 524 g/mol. The summed E-state index contributed by atoms with van der Waals surface area (Å²) in [5.41, 5.74) is 4.11. The molecule has 0 spiro atoms. The molecule has 1 N–H and O–H groups in total. The fourth-order valence-corrected chi connectivity index (χ4v) is 4.63. The molecule has 202 valence electrons. The van der Waals surface area contributed by atoms with Crippen LogP contribution in [0.4, 0.5) is 0 Å². The molecule has 0 aliphatic rings. The molecule has 6 rings (SSSR count). The van der Waals surface area contributed by atoms with Crippen LogP contribution >= 0.6 is 0 Å². The molecule has 5 nitrogen and oxygen atoms in total. The molecule has 0 aliphatic heterocycles. The highest BCUT2D eigenvalue weighted by atomic mass is 16.4. The van der Waals surface area contributed by atoms with Gasteiger partial charge in [0.05, 0.1) is 17.2 Å². The first-order valence-corrected chi connectivity index (χ1v) is 13.5. The quantitative estimate of drug-likeness (QED) is 0.194. The molecule has 0 saturated carbocycles. The Morgan fingerprint density at radius 3 is 1.43 bits per heavy atom. The van der Waals surface area contributed by atoms with Crippen LogP contribution in [0, 0.1) is 23.7 Å². The third-order valence-corrected chi connectivity index (χ3v) is 6.78. The van der Waals surface area contributed by atoms with Crippen LogP contribution in [0.5, 0.6) is 0 Å². The standard InChI is InChI=1S/C37H24O5/c38-31(15-7-9-25-17-19-29-23-32(27-11-3-1-4-12-27)36(39)41-34(29)21-25)16-8-10-26-18-20-30-24-33(28-13-5-2-6-14-28)37(40)42-35(30)22-26/h1-6,11-14,17-24,31,38H,15-16H2. The van der Waals surface area contributed by atoms with Crippen LogP contribution in [0.25, 0.3) is 44.2 Å². The van der Waals surface area contributed by atoms with E-state index in [2.05, 4.69) is 23.7 Å². The van der Waals surface area contributed by atoms with Gasteiger partial charge in [0.1, 0.15) is 11.2 Å². The highest BCUT2D eigenvalue weighted by molar-refractivity contribution is 5.83. The largest absolute Gasteiger partial charge is 0.422 e. The van der Waals surface area contributed by atoms with Crippen LogP contribution in [0.1, 0.15) is 24.0 Å². The van der Waals surface area contributed by atoms with E-state index in [4.69, 9.17) is 8.83 Å². The summed E-state index contributed by atoms with van der Waals surface area (Å²) in [6.45, 7) is 0. The summed E-state index contributed by atoms with van der Waals surface area (Å²) in [5, 5.41) is 12.0. The predicted molar refractivity (Wildman–Crippen MR) is 165 cm³/mol. The average molecular weight is 549 g/mol. The first-order chi connectivity index (χ1) is 20.5. The molecule has 0 fully saturated rings. The number of hydrogen-bond acceptors (Lipinski definition) is 5. The minimum atomic E-state index is -0.733. The van der Waals surface area contributed by atoms with Crippen LogP contribution in [0.2, 0.25) is 0 Å². The van der Waals surface area contributed by atoms with Crippen molar-refractivity contribution in [3.63, 3.8) is 0 Å². The van der Waals surface area contributed by atoms with Gasteiger partial charge in [0.25, 0.3) is 0 Å². The van der Waals surface area contributed by atoms with Crippen LogP contribution in [-0.4, -0.2) is 11.2 Å². The maximum Gasteiger partial charge on any atom is 0.344 e. The first kappa shape index (κ1) is 26.6. The van der Waals surface area contributed by atoms with Crippen molar-refractivity contribution in [3.8, 4) is 45.9 Å². The van der Waals surface area contributed by atoms with Gasteiger partial charge in [0, 0.05) is 34.7 Å². The van der Waals surface area contributed by atoms with Crippen LogP contribution in [0.3, 0.4) is 0 Å². The van der Waals surface area contributed by atoms with Gasteiger partial charge in [-0.05, 0) is 59.7 Å². The van der Waals surface area contributed by atoms with Crippen molar-refractivity contribution in [1.82, 2.24) is 0 Å². The summed E-state index contributed by atoms with van der Waals surface area (Å²) in [6.07, 6.45) is -0.264. The van der Waals surface area contributed by atoms with Gasteiger partial charge in [-0.25, -0.2) is 9.59 Å². The van der Waals surface area contributed by atoms with Crippen molar-refractivity contribution >= 4 is 21.9 Å². The van der Waals surface area contributed by atoms with Gasteiger partial charge in [-0.15, -0.1) is 0 Å². The lowest BCUT2D eigenvalue weighted by Gasteiger charge is -2.03. The van der Waals surface area contributed by atoms with E-state index in [1.165, 1.54) is 0 Å². The Bertz CT molecular complexity index is 2000. The van der Waals surface area contributed by atoms with Crippen LogP contribution < -0.4 is 11.3 Å². The summed E-state index contributed by atoms with van der Waals surface area (Å²) in [6, 6.07) is 33.3. The zero-order chi connectivity index (χ0) is 28.9. The summed E-state index contributed by atoms with van der Waals surface area (Å²) in [5.74, 6) is 12.0. The predicted octanol–water partition coefficient (Wildman–Crippen LogP) is 6.78. The van der Waals surface area contributed by atoms with Gasteiger partial charge in [0.15, 0.2) is 0 Å². The number of aliphatic hydroxyl groups excluding tert-OH is 1. The van der Waals surface area contributed by atoms with Gasteiger partial charge < -0.3 is 13.9 Å². The second kappa shape index (κ2) is 11.9. The normalized spacial score (nSPS) is 10.7. The molecule has 0 amide bonds. The monoisotopic (exact) mass is 548 g/mol. The molecule has 0 aliphatic carbocycles. The smallest absolute Gasteiger partial charge is 0.344 e. The summed E-state index contributed by atoms with van der Waals surface area (Å²) < 4.78 is 11.1. The minimum Gasteiger partial charge on any atom is -0.422 e. The van der Waals surface area contributed by atoms with Crippen molar-refractivity contribution < 1.29 is 13.9 Å². The zero-order valence-corrected chi connectivity index (χ0v) is 22.5. The molecule has 4 aromatic carbocycles. The van der Waals surface area contributed by atoms with E-state index in [1.54, 1.807) is 12.1 Å². The van der Waals surface area contributed by atoms with Crippen molar-refractivity contribution in [1.29, 1.82) is 0 Å². The molecule has 0 atom stereocenters. The number of benzene rings is 4. The van der Waals surface area contributed by atoms with E-state index in [0.717, 1.165) is 21.9 Å². The molecular formula is C37H24O5. The topological polar surface area (TPSA) is 80.6 Å². The number of hydrogen-bond donors (Lipinski definition) is 1. The minimum absolute atomic E-state index is 0.235. The van der Waals surface area contributed by atoms with Gasteiger partial charge in [-0.1, -0.05) is 84.3 Å². The van der Waals surface area contributed by atoms with Gasteiger partial charge in [0.2, 0.25) is 0 Å². The van der Waals surface area contributed by atoms with Crippen molar-refractivity contribution in [2.45, 2.75) is 18.9 Å². The SMILES string of the molecule is O=c1oc2cc(C#CCC(O)CC#Cc3ccc4cc(-c5ccccc5)c(=O)oc4c3)ccc2cc1-c1ccccc1. The van der Waals surface area contributed by atoms with E-state index in [0.29, 0.717) is 33.4 Å². The lowest BCUT2D eigenvalue weighted by molar-refractivity contribution is 0.186. The fourth-order valence-electron chi connectivity index (χ4n) is 4.63. The Balaban J connectivity index is 1.10. The lowest BCUT2D eigenvalue weighted by atomic mass is 10.1. The van der Waals surface area contributed by atoms with Crippen LogP contribution in [0.15, 0.2) is 128 Å². The van der Waals surface area contributed by atoms with Crippen molar-refractivity contribution in [2.75, 3.05) is 0 Å². The zero-order valence-electron chi connectivity index (χ0n) is 22.5. The highest BCUT2D eigenvalue weighted by Gasteiger charge is 2.09. The fraction of sp³-hybridized carbons (Fsp3) is 0.0811. The van der Waals surface area contributed by atoms with Gasteiger partial charge in [-0.2, -0.15) is 0 Å². The summed E-state index contributed by atoms with van der Waals surface area (Å²) in [7, 11) is 0. The average Bonchev–Trinajstić information content (AvgIpc) is 3.01. The summed E-state index contributed by atoms with van der Waals surface area (Å²) in [4.78, 5) is 25.1. The maximum atomic E-state index is 12.5. The molecule has 2 heterocycles. The lowest BCUT2D eigenvalue weighted by Crippen LogP contribution is -2.03. The van der Waals surface area contributed by atoms with Gasteiger partial charge in [-0.3, -0.25) is 0 Å². The summed E-state index contributed by atoms with van der Waals surface area (Å²) >= 11 is 0. The van der Waals surface area contributed by atoms with E-state index < -0.39 is 17.4 Å². The van der Waals surface area contributed by atoms with E-state index in [9.17, 15) is 14.7 Å². The number of aliphatic hydroxyl groups is 1. The molecule has 42 heavy (non-hydrogen) atoms. The number of rotatable bonds is 4. The molecule has 0 saturated heterocycles. The Morgan fingerprint density at radius 1 is 0.571 bits per heavy atom. The maximum absolute atomic E-state index is 12.5. The number of fused-ring (bicyclic) bond motifs is 2. The molecule has 6 aromatic rings. The molecule has 0 unspecified atom stereocenters. The molecule has 5 heteroatoms. The van der Waals surface area contributed by atoms with Crippen molar-refractivity contribution in [2.24, 2.45) is 0 Å². The Kier molecular flexibility index (Phi) is 7.51. The molecule has 0 radical (unpaired) electrons. The van der Waals surface area contributed by atoms with Crippen LogP contribution in [-0.2, 0) is 0 Å². The van der Waals surface area contributed by atoms with E-state index in [-0.39, 0.29) is 12.8 Å². The highest BCUT2D eigenvalue weighted by Crippen LogP contribution is 2.23. The second-order valence-corrected chi connectivity index (χ2v) is 9.80. The molecule has 0 bridgehead atoms. The Labute approximate surface area is 241 Å². The van der Waals surface area contributed by atoms with E-state index >= 15 is 0 Å². The van der Waals surface area contributed by atoms with Crippen molar-refractivity contribution in [3.05, 3.63) is 141 Å². The third-order valence-electron chi connectivity index (χ3n) is 6.78. The Hall–Kier alpha value is -5.62. The Morgan fingerprint density at radius 2 is 1.00 bits per heavy atom. The third kappa shape index (κ3) is 5.93. The second-order valence-electron chi connectivity index (χ2n) is 9.80. The van der Waals surface area contributed by atoms with E-state index in [1.807, 2.05) is 97.1 Å². The van der Waals surface area contributed by atoms with Gasteiger partial charge >= 0.3 is 11.3 Å². The molecule has 2 aromatic heterocycles.